The van der Waals surface area contributed by atoms with Crippen molar-refractivity contribution in [1.29, 1.82) is 0 Å². The second-order valence-corrected chi connectivity index (χ2v) is 6.68. The summed E-state index contributed by atoms with van der Waals surface area (Å²) in [7, 11) is 0. The van der Waals surface area contributed by atoms with Gasteiger partial charge in [-0.15, -0.1) is 0 Å². The van der Waals surface area contributed by atoms with Crippen molar-refractivity contribution in [2.24, 2.45) is 0 Å². The molecule has 2 aromatic rings. The van der Waals surface area contributed by atoms with E-state index < -0.39 is 0 Å². The molecule has 1 aliphatic rings. The number of allylic oxidation sites excluding steroid dienone is 1. The Labute approximate surface area is 148 Å². The molecular formula is C22H23NO2. The molecule has 0 amide bonds. The highest BCUT2D eigenvalue weighted by Crippen LogP contribution is 2.31. The SMILES string of the molecule is CC(Cc1ccccc1)NC=C1C(=O)CC(c2ccccc2)CC1=O. The first-order valence-corrected chi connectivity index (χ1v) is 8.75. The fraction of sp³-hybridized carbons (Fsp3) is 0.273. The zero-order valence-corrected chi connectivity index (χ0v) is 14.4. The molecule has 3 nitrogen and oxygen atoms in total. The first-order valence-electron chi connectivity index (χ1n) is 8.75. The largest absolute Gasteiger partial charge is 0.387 e. The molecule has 0 heterocycles. The molecule has 0 spiro atoms. The smallest absolute Gasteiger partial charge is 0.168 e. The van der Waals surface area contributed by atoms with E-state index in [0.29, 0.717) is 18.4 Å². The molecule has 1 aliphatic carbocycles. The quantitative estimate of drug-likeness (QED) is 0.668. The average molecular weight is 333 g/mol. The lowest BCUT2D eigenvalue weighted by atomic mass is 9.80. The first-order chi connectivity index (χ1) is 12.1. The third-order valence-electron chi connectivity index (χ3n) is 4.63. The van der Waals surface area contributed by atoms with E-state index in [0.717, 1.165) is 12.0 Å². The highest BCUT2D eigenvalue weighted by Gasteiger charge is 2.31. The number of nitrogens with one attached hydrogen (secondary N) is 1. The van der Waals surface area contributed by atoms with Crippen LogP contribution >= 0.6 is 0 Å². The summed E-state index contributed by atoms with van der Waals surface area (Å²) in [6, 6.07) is 20.1. The number of ketones is 2. The van der Waals surface area contributed by atoms with Gasteiger partial charge in [0.05, 0.1) is 5.57 Å². The molecule has 3 rings (SSSR count). The Hall–Kier alpha value is -2.68. The summed E-state index contributed by atoms with van der Waals surface area (Å²) in [5.74, 6) is -0.130. The van der Waals surface area contributed by atoms with Crippen LogP contribution in [0.4, 0.5) is 0 Å². The van der Waals surface area contributed by atoms with Crippen LogP contribution < -0.4 is 5.32 Å². The molecule has 128 valence electrons. The minimum Gasteiger partial charge on any atom is -0.387 e. The summed E-state index contributed by atoms with van der Waals surface area (Å²) in [6.07, 6.45) is 3.27. The van der Waals surface area contributed by atoms with Crippen LogP contribution in [-0.2, 0) is 16.0 Å². The number of hydrogen-bond acceptors (Lipinski definition) is 3. The normalized spacial score (nSPS) is 18.8. The van der Waals surface area contributed by atoms with Crippen molar-refractivity contribution in [3.05, 3.63) is 83.6 Å². The molecule has 0 aromatic heterocycles. The van der Waals surface area contributed by atoms with Crippen molar-refractivity contribution in [2.75, 3.05) is 0 Å². The summed E-state index contributed by atoms with van der Waals surface area (Å²) >= 11 is 0. The summed E-state index contributed by atoms with van der Waals surface area (Å²) in [5.41, 5.74) is 2.60. The van der Waals surface area contributed by atoms with E-state index in [1.807, 2.05) is 48.5 Å². The van der Waals surface area contributed by atoms with Crippen molar-refractivity contribution < 1.29 is 9.59 Å². The summed E-state index contributed by atoms with van der Waals surface area (Å²) in [6.45, 7) is 2.05. The Morgan fingerprint density at radius 2 is 1.52 bits per heavy atom. The minimum absolute atomic E-state index is 0.0000854. The molecule has 1 fully saturated rings. The molecule has 1 unspecified atom stereocenters. The maximum Gasteiger partial charge on any atom is 0.168 e. The molecule has 25 heavy (non-hydrogen) atoms. The van der Waals surface area contributed by atoms with Gasteiger partial charge < -0.3 is 5.32 Å². The van der Waals surface area contributed by atoms with Gasteiger partial charge in [0.1, 0.15) is 0 Å². The van der Waals surface area contributed by atoms with E-state index in [-0.39, 0.29) is 23.5 Å². The van der Waals surface area contributed by atoms with Crippen molar-refractivity contribution in [3.63, 3.8) is 0 Å². The van der Waals surface area contributed by atoms with E-state index in [4.69, 9.17) is 0 Å². The van der Waals surface area contributed by atoms with Crippen molar-refractivity contribution in [1.82, 2.24) is 5.32 Å². The average Bonchev–Trinajstić information content (AvgIpc) is 2.62. The van der Waals surface area contributed by atoms with Gasteiger partial charge in [0, 0.05) is 25.1 Å². The summed E-state index contributed by atoms with van der Waals surface area (Å²) < 4.78 is 0. The fourth-order valence-electron chi connectivity index (χ4n) is 3.27. The lowest BCUT2D eigenvalue weighted by Crippen LogP contribution is -2.29. The molecule has 0 radical (unpaired) electrons. The summed E-state index contributed by atoms with van der Waals surface area (Å²) in [4.78, 5) is 24.9. The van der Waals surface area contributed by atoms with Crippen LogP contribution in [0.15, 0.2) is 72.4 Å². The standard InChI is InChI=1S/C22H23NO2/c1-16(12-17-8-4-2-5-9-17)23-15-20-21(24)13-19(14-22(20)25)18-10-6-3-7-11-18/h2-11,15-16,19,23H,12-14H2,1H3. The monoisotopic (exact) mass is 333 g/mol. The third-order valence-corrected chi connectivity index (χ3v) is 4.63. The van der Waals surface area contributed by atoms with Crippen molar-refractivity contribution >= 4 is 11.6 Å². The zero-order valence-electron chi connectivity index (χ0n) is 14.4. The van der Waals surface area contributed by atoms with Crippen LogP contribution in [0, 0.1) is 0 Å². The summed E-state index contributed by atoms with van der Waals surface area (Å²) in [5, 5.41) is 3.21. The molecule has 1 atom stereocenters. The highest BCUT2D eigenvalue weighted by atomic mass is 16.1. The Morgan fingerprint density at radius 3 is 2.12 bits per heavy atom. The van der Waals surface area contributed by atoms with E-state index in [9.17, 15) is 9.59 Å². The van der Waals surface area contributed by atoms with Crippen LogP contribution in [0.5, 0.6) is 0 Å². The lowest BCUT2D eigenvalue weighted by Gasteiger charge is -2.23. The molecule has 2 aromatic carbocycles. The van der Waals surface area contributed by atoms with Crippen LogP contribution in [0.25, 0.3) is 0 Å². The number of rotatable bonds is 5. The van der Waals surface area contributed by atoms with Gasteiger partial charge in [0.2, 0.25) is 0 Å². The Balaban J connectivity index is 1.62. The second kappa shape index (κ2) is 7.93. The molecule has 1 N–H and O–H groups in total. The van der Waals surface area contributed by atoms with Gasteiger partial charge in [0.25, 0.3) is 0 Å². The number of carbonyl (C=O) groups excluding carboxylic acids is 2. The molecule has 0 saturated heterocycles. The van der Waals surface area contributed by atoms with Crippen LogP contribution in [0.3, 0.4) is 0 Å². The van der Waals surface area contributed by atoms with E-state index in [1.54, 1.807) is 6.20 Å². The number of Topliss-reactive ketones (excluding diaryl/α,β-unsaturated/α-hetero) is 2. The molecule has 0 bridgehead atoms. The lowest BCUT2D eigenvalue weighted by molar-refractivity contribution is -0.124. The highest BCUT2D eigenvalue weighted by molar-refractivity contribution is 6.22. The number of benzene rings is 2. The van der Waals surface area contributed by atoms with Gasteiger partial charge in [-0.1, -0.05) is 60.7 Å². The molecule has 0 aliphatic heterocycles. The number of hydrogen-bond donors (Lipinski definition) is 1. The fourth-order valence-corrected chi connectivity index (χ4v) is 3.27. The van der Waals surface area contributed by atoms with Gasteiger partial charge in [-0.25, -0.2) is 0 Å². The topological polar surface area (TPSA) is 46.2 Å². The van der Waals surface area contributed by atoms with Gasteiger partial charge in [-0.2, -0.15) is 0 Å². The third kappa shape index (κ3) is 4.44. The van der Waals surface area contributed by atoms with E-state index in [2.05, 4.69) is 24.4 Å². The first kappa shape index (κ1) is 17.2. The van der Waals surface area contributed by atoms with Gasteiger partial charge >= 0.3 is 0 Å². The van der Waals surface area contributed by atoms with Crippen LogP contribution in [0.2, 0.25) is 0 Å². The second-order valence-electron chi connectivity index (χ2n) is 6.68. The molecular weight excluding hydrogens is 310 g/mol. The van der Waals surface area contributed by atoms with Crippen molar-refractivity contribution in [2.45, 2.75) is 38.1 Å². The molecule has 3 heteroatoms. The Kier molecular flexibility index (Phi) is 5.44. The van der Waals surface area contributed by atoms with E-state index >= 15 is 0 Å². The van der Waals surface area contributed by atoms with Gasteiger partial charge in [-0.3, -0.25) is 9.59 Å². The van der Waals surface area contributed by atoms with Crippen molar-refractivity contribution in [3.8, 4) is 0 Å². The van der Waals surface area contributed by atoms with E-state index in [1.165, 1.54) is 5.56 Å². The maximum atomic E-state index is 12.4. The van der Waals surface area contributed by atoms with Gasteiger partial charge in [-0.05, 0) is 30.4 Å². The molecule has 1 saturated carbocycles. The predicted molar refractivity (Wildman–Crippen MR) is 99.3 cm³/mol. The Morgan fingerprint density at radius 1 is 0.960 bits per heavy atom. The maximum absolute atomic E-state index is 12.4. The number of carbonyl (C=O) groups is 2. The Bertz CT molecular complexity index is 745. The van der Waals surface area contributed by atoms with Crippen LogP contribution in [0.1, 0.15) is 36.8 Å². The zero-order chi connectivity index (χ0) is 17.6. The van der Waals surface area contributed by atoms with Crippen LogP contribution in [-0.4, -0.2) is 17.6 Å². The minimum atomic E-state index is -0.0653. The van der Waals surface area contributed by atoms with Gasteiger partial charge in [0.15, 0.2) is 11.6 Å². The predicted octanol–water partition coefficient (Wildman–Crippen LogP) is 3.81.